The Labute approximate surface area is 120 Å². The molecule has 0 radical (unpaired) electrons. The number of pyridine rings is 1. The Hall–Kier alpha value is -1.13. The van der Waals surface area contributed by atoms with Gasteiger partial charge in [-0.3, -0.25) is 0 Å². The fourth-order valence-corrected chi connectivity index (χ4v) is 3.74. The number of rotatable bonds is 2. The molecule has 0 saturated carbocycles. The van der Waals surface area contributed by atoms with Crippen LogP contribution in [-0.2, 0) is 12.3 Å². The van der Waals surface area contributed by atoms with Gasteiger partial charge in [0.25, 0.3) is 0 Å². The lowest BCUT2D eigenvalue weighted by Gasteiger charge is -2.34. The van der Waals surface area contributed by atoms with Crippen molar-refractivity contribution in [1.82, 2.24) is 4.98 Å². The number of hydrogen-bond donors (Lipinski definition) is 0. The SMILES string of the molecule is CC1c2ccsc2CCN1c1nccc(CCl)c1F. The molecule has 0 amide bonds. The van der Waals surface area contributed by atoms with Crippen LogP contribution in [0.4, 0.5) is 10.2 Å². The van der Waals surface area contributed by atoms with Crippen LogP contribution in [0, 0.1) is 5.82 Å². The summed E-state index contributed by atoms with van der Waals surface area (Å²) in [6.07, 6.45) is 2.58. The van der Waals surface area contributed by atoms with Crippen molar-refractivity contribution in [2.45, 2.75) is 25.3 Å². The molecule has 2 nitrogen and oxygen atoms in total. The first-order chi connectivity index (χ1) is 9.22. The Balaban J connectivity index is 2.00. The van der Waals surface area contributed by atoms with E-state index in [0.29, 0.717) is 11.4 Å². The number of aromatic nitrogens is 1. The molecule has 0 fully saturated rings. The molecule has 0 saturated heterocycles. The Bertz CT molecular complexity index is 599. The van der Waals surface area contributed by atoms with Gasteiger partial charge in [0, 0.05) is 23.2 Å². The lowest BCUT2D eigenvalue weighted by atomic mass is 10.0. The molecule has 100 valence electrons. The molecule has 1 unspecified atom stereocenters. The zero-order valence-corrected chi connectivity index (χ0v) is 12.1. The first kappa shape index (κ1) is 12.9. The maximum Gasteiger partial charge on any atom is 0.170 e. The average molecular weight is 297 g/mol. The average Bonchev–Trinajstić information content (AvgIpc) is 2.89. The van der Waals surface area contributed by atoms with E-state index in [-0.39, 0.29) is 17.7 Å². The second-order valence-corrected chi connectivity index (χ2v) is 5.93. The van der Waals surface area contributed by atoms with E-state index >= 15 is 0 Å². The molecular formula is C14H14ClFN2S. The molecule has 1 aliphatic rings. The highest BCUT2D eigenvalue weighted by Crippen LogP contribution is 2.36. The fraction of sp³-hybridized carbons (Fsp3) is 0.357. The molecule has 0 spiro atoms. The normalized spacial score (nSPS) is 18.5. The third kappa shape index (κ3) is 2.13. The molecule has 2 aromatic heterocycles. The molecule has 3 heterocycles. The van der Waals surface area contributed by atoms with E-state index < -0.39 is 0 Å². The largest absolute Gasteiger partial charge is 0.347 e. The summed E-state index contributed by atoms with van der Waals surface area (Å²) in [5.74, 6) is 0.304. The smallest absolute Gasteiger partial charge is 0.170 e. The Morgan fingerprint density at radius 2 is 2.37 bits per heavy atom. The van der Waals surface area contributed by atoms with Gasteiger partial charge in [-0.15, -0.1) is 22.9 Å². The predicted molar refractivity (Wildman–Crippen MR) is 77.5 cm³/mol. The molecule has 0 bridgehead atoms. The van der Waals surface area contributed by atoms with Gasteiger partial charge >= 0.3 is 0 Å². The van der Waals surface area contributed by atoms with Gasteiger partial charge in [-0.2, -0.15) is 0 Å². The zero-order valence-electron chi connectivity index (χ0n) is 10.6. The standard InChI is InChI=1S/C14H14ClFN2S/c1-9-11-4-7-19-12(11)3-6-18(9)14-13(16)10(8-15)2-5-17-14/h2,4-5,7,9H,3,6,8H2,1H3. The maximum atomic E-state index is 14.3. The lowest BCUT2D eigenvalue weighted by molar-refractivity contribution is 0.566. The second kappa shape index (κ2) is 5.10. The number of halogens is 2. The van der Waals surface area contributed by atoms with Crippen LogP contribution in [-0.4, -0.2) is 11.5 Å². The molecule has 19 heavy (non-hydrogen) atoms. The van der Waals surface area contributed by atoms with E-state index in [0.717, 1.165) is 13.0 Å². The quantitative estimate of drug-likeness (QED) is 0.774. The van der Waals surface area contributed by atoms with E-state index in [1.807, 2.05) is 4.90 Å². The molecule has 3 rings (SSSR count). The van der Waals surface area contributed by atoms with Gasteiger partial charge in [-0.25, -0.2) is 9.37 Å². The highest BCUT2D eigenvalue weighted by atomic mass is 35.5. The van der Waals surface area contributed by atoms with E-state index in [9.17, 15) is 4.39 Å². The van der Waals surface area contributed by atoms with Gasteiger partial charge in [-0.1, -0.05) is 0 Å². The minimum atomic E-state index is -0.289. The number of anilines is 1. The summed E-state index contributed by atoms with van der Waals surface area (Å²) in [7, 11) is 0. The maximum absolute atomic E-state index is 14.3. The molecule has 1 atom stereocenters. The van der Waals surface area contributed by atoms with Crippen molar-refractivity contribution >= 4 is 28.8 Å². The van der Waals surface area contributed by atoms with Gasteiger partial charge in [0.15, 0.2) is 11.6 Å². The molecule has 0 aromatic carbocycles. The number of alkyl halides is 1. The summed E-state index contributed by atoms with van der Waals surface area (Å²) in [6, 6.07) is 3.92. The van der Waals surface area contributed by atoms with Gasteiger partial charge in [0.05, 0.1) is 11.9 Å². The van der Waals surface area contributed by atoms with Crippen LogP contribution < -0.4 is 4.90 Å². The van der Waals surface area contributed by atoms with Crippen molar-refractivity contribution in [1.29, 1.82) is 0 Å². The van der Waals surface area contributed by atoms with Crippen molar-refractivity contribution < 1.29 is 4.39 Å². The number of hydrogen-bond acceptors (Lipinski definition) is 3. The Morgan fingerprint density at radius 3 is 3.16 bits per heavy atom. The second-order valence-electron chi connectivity index (χ2n) is 4.66. The van der Waals surface area contributed by atoms with Crippen LogP contribution in [0.25, 0.3) is 0 Å². The summed E-state index contributed by atoms with van der Waals surface area (Å²) in [5.41, 5.74) is 1.80. The zero-order chi connectivity index (χ0) is 13.4. The molecule has 0 aliphatic carbocycles. The minimum absolute atomic E-state index is 0.155. The van der Waals surface area contributed by atoms with Crippen molar-refractivity contribution in [3.05, 3.63) is 45.5 Å². The molecular weight excluding hydrogens is 283 g/mol. The summed E-state index contributed by atoms with van der Waals surface area (Å²) < 4.78 is 14.3. The van der Waals surface area contributed by atoms with Crippen LogP contribution in [0.5, 0.6) is 0 Å². The van der Waals surface area contributed by atoms with Gasteiger partial charge in [0.1, 0.15) is 0 Å². The van der Waals surface area contributed by atoms with Crippen molar-refractivity contribution in [3.8, 4) is 0 Å². The molecule has 2 aromatic rings. The minimum Gasteiger partial charge on any atom is -0.347 e. The van der Waals surface area contributed by atoms with E-state index in [2.05, 4.69) is 23.4 Å². The monoisotopic (exact) mass is 296 g/mol. The van der Waals surface area contributed by atoms with E-state index in [1.54, 1.807) is 23.6 Å². The van der Waals surface area contributed by atoms with E-state index in [1.165, 1.54) is 10.4 Å². The third-order valence-corrected chi connectivity index (χ3v) is 4.93. The summed E-state index contributed by atoms with van der Waals surface area (Å²) >= 11 is 7.53. The van der Waals surface area contributed by atoms with E-state index in [4.69, 9.17) is 11.6 Å². The highest BCUT2D eigenvalue weighted by Gasteiger charge is 2.28. The van der Waals surface area contributed by atoms with Crippen molar-refractivity contribution in [2.75, 3.05) is 11.4 Å². The van der Waals surface area contributed by atoms with Crippen LogP contribution in [0.2, 0.25) is 0 Å². The first-order valence-corrected chi connectivity index (χ1v) is 7.66. The fourth-order valence-electron chi connectivity index (χ4n) is 2.57. The molecule has 1 aliphatic heterocycles. The van der Waals surface area contributed by atoms with Crippen molar-refractivity contribution in [2.24, 2.45) is 0 Å². The van der Waals surface area contributed by atoms with Gasteiger partial charge < -0.3 is 4.90 Å². The van der Waals surface area contributed by atoms with Crippen LogP contribution >= 0.6 is 22.9 Å². The van der Waals surface area contributed by atoms with Crippen molar-refractivity contribution in [3.63, 3.8) is 0 Å². The van der Waals surface area contributed by atoms with Gasteiger partial charge in [-0.05, 0) is 36.4 Å². The first-order valence-electron chi connectivity index (χ1n) is 6.24. The van der Waals surface area contributed by atoms with Crippen LogP contribution in [0.1, 0.15) is 29.0 Å². The predicted octanol–water partition coefficient (Wildman–Crippen LogP) is 4.14. The third-order valence-electron chi connectivity index (χ3n) is 3.64. The summed E-state index contributed by atoms with van der Waals surface area (Å²) in [6.45, 7) is 2.89. The Morgan fingerprint density at radius 1 is 1.53 bits per heavy atom. The van der Waals surface area contributed by atoms with Crippen LogP contribution in [0.3, 0.4) is 0 Å². The van der Waals surface area contributed by atoms with Gasteiger partial charge in [0.2, 0.25) is 0 Å². The number of fused-ring (bicyclic) bond motifs is 1. The molecule has 0 N–H and O–H groups in total. The topological polar surface area (TPSA) is 16.1 Å². The lowest BCUT2D eigenvalue weighted by Crippen LogP contribution is -2.34. The highest BCUT2D eigenvalue weighted by molar-refractivity contribution is 7.10. The summed E-state index contributed by atoms with van der Waals surface area (Å²) in [5, 5.41) is 2.10. The Kier molecular flexibility index (Phi) is 3.46. The number of thiophene rings is 1. The summed E-state index contributed by atoms with van der Waals surface area (Å²) in [4.78, 5) is 7.64. The molecule has 5 heteroatoms. The number of nitrogens with zero attached hydrogens (tertiary/aromatic N) is 2. The van der Waals surface area contributed by atoms with Crippen LogP contribution in [0.15, 0.2) is 23.7 Å².